The molecule has 1 heterocycles. The van der Waals surface area contributed by atoms with E-state index in [2.05, 4.69) is 4.98 Å². The summed E-state index contributed by atoms with van der Waals surface area (Å²) in [6.07, 6.45) is 0. The van der Waals surface area contributed by atoms with Crippen molar-refractivity contribution in [3.63, 3.8) is 0 Å². The van der Waals surface area contributed by atoms with E-state index in [1.54, 1.807) is 30.3 Å². The molecule has 1 nitrogen and oxygen atoms in total. The van der Waals surface area contributed by atoms with Gasteiger partial charge in [-0.05, 0) is 36.4 Å². The van der Waals surface area contributed by atoms with Crippen LogP contribution in [0.15, 0.2) is 48.5 Å². The molecule has 1 aromatic heterocycles. The first-order chi connectivity index (χ1) is 8.24. The highest BCUT2D eigenvalue weighted by molar-refractivity contribution is 5.85. The Labute approximate surface area is 96.7 Å². The molecule has 0 unspecified atom stereocenters. The highest BCUT2D eigenvalue weighted by Crippen LogP contribution is 2.26. The number of hydrogen-bond donors (Lipinski definition) is 1. The second-order valence-electron chi connectivity index (χ2n) is 3.89. The predicted octanol–water partition coefficient (Wildman–Crippen LogP) is 4.11. The van der Waals surface area contributed by atoms with Crippen molar-refractivity contribution in [2.24, 2.45) is 0 Å². The smallest absolute Gasteiger partial charge is 0.132 e. The minimum Gasteiger partial charge on any atom is -0.354 e. The van der Waals surface area contributed by atoms with E-state index < -0.39 is 0 Å². The van der Waals surface area contributed by atoms with Gasteiger partial charge in [0.05, 0.1) is 0 Å². The Morgan fingerprint density at radius 2 is 1.71 bits per heavy atom. The van der Waals surface area contributed by atoms with Crippen LogP contribution >= 0.6 is 0 Å². The number of fused-ring (bicyclic) bond motifs is 1. The van der Waals surface area contributed by atoms with Crippen molar-refractivity contribution in [2.45, 2.75) is 0 Å². The fourth-order valence-corrected chi connectivity index (χ4v) is 1.93. The quantitative estimate of drug-likeness (QED) is 0.646. The summed E-state index contributed by atoms with van der Waals surface area (Å²) in [6, 6.07) is 12.7. The van der Waals surface area contributed by atoms with Gasteiger partial charge in [-0.3, -0.25) is 0 Å². The summed E-state index contributed by atoms with van der Waals surface area (Å²) < 4.78 is 26.6. The van der Waals surface area contributed by atoms with Crippen LogP contribution in [0.1, 0.15) is 0 Å². The summed E-state index contributed by atoms with van der Waals surface area (Å²) in [5.41, 5.74) is 1.94. The van der Waals surface area contributed by atoms with Gasteiger partial charge in [0.1, 0.15) is 11.6 Å². The third-order valence-corrected chi connectivity index (χ3v) is 2.75. The van der Waals surface area contributed by atoms with Crippen LogP contribution in [0, 0.1) is 11.6 Å². The zero-order valence-corrected chi connectivity index (χ0v) is 8.87. The molecule has 0 aliphatic heterocycles. The molecule has 1 N–H and O–H groups in total. The molecule has 0 amide bonds. The van der Waals surface area contributed by atoms with E-state index in [1.165, 1.54) is 18.2 Å². The van der Waals surface area contributed by atoms with Crippen molar-refractivity contribution in [2.75, 3.05) is 0 Å². The molecule has 0 atom stereocenters. The van der Waals surface area contributed by atoms with E-state index in [4.69, 9.17) is 0 Å². The topological polar surface area (TPSA) is 15.8 Å². The molecule has 0 fully saturated rings. The van der Waals surface area contributed by atoms with E-state index in [0.717, 1.165) is 10.9 Å². The number of hydrogen-bond acceptors (Lipinski definition) is 0. The predicted molar refractivity (Wildman–Crippen MR) is 63.7 cm³/mol. The van der Waals surface area contributed by atoms with Gasteiger partial charge in [0, 0.05) is 22.2 Å². The molecule has 0 saturated heterocycles. The number of H-pyrrole nitrogens is 1. The Bertz CT molecular complexity index is 686. The molecule has 2 aromatic carbocycles. The van der Waals surface area contributed by atoms with Gasteiger partial charge in [-0.1, -0.05) is 12.1 Å². The monoisotopic (exact) mass is 229 g/mol. The molecule has 0 bridgehead atoms. The molecular formula is C14H9F2N. The van der Waals surface area contributed by atoms with Gasteiger partial charge in [-0.25, -0.2) is 8.78 Å². The molecule has 0 saturated carbocycles. The van der Waals surface area contributed by atoms with Gasteiger partial charge in [-0.2, -0.15) is 0 Å². The summed E-state index contributed by atoms with van der Waals surface area (Å²) in [5, 5.41) is 0.739. The number of rotatable bonds is 1. The average molecular weight is 229 g/mol. The second kappa shape index (κ2) is 3.70. The number of aromatic amines is 1. The second-order valence-corrected chi connectivity index (χ2v) is 3.89. The molecule has 3 rings (SSSR count). The molecule has 3 aromatic rings. The van der Waals surface area contributed by atoms with E-state index in [-0.39, 0.29) is 11.6 Å². The number of aromatic nitrogens is 1. The van der Waals surface area contributed by atoms with E-state index >= 15 is 0 Å². The lowest BCUT2D eigenvalue weighted by molar-refractivity contribution is 0.629. The molecule has 17 heavy (non-hydrogen) atoms. The van der Waals surface area contributed by atoms with E-state index in [9.17, 15) is 8.78 Å². The first-order valence-corrected chi connectivity index (χ1v) is 5.27. The van der Waals surface area contributed by atoms with Crippen molar-refractivity contribution in [1.29, 1.82) is 0 Å². The van der Waals surface area contributed by atoms with Gasteiger partial charge in [0.25, 0.3) is 0 Å². The molecule has 84 valence electrons. The zero-order chi connectivity index (χ0) is 11.8. The van der Waals surface area contributed by atoms with Crippen LogP contribution in [0.3, 0.4) is 0 Å². The van der Waals surface area contributed by atoms with Crippen molar-refractivity contribution < 1.29 is 8.78 Å². The lowest BCUT2D eigenvalue weighted by atomic mass is 10.1. The maximum atomic E-state index is 13.6. The first kappa shape index (κ1) is 10.0. The van der Waals surface area contributed by atoms with Crippen LogP contribution in [0.4, 0.5) is 8.78 Å². The number of halogens is 2. The SMILES string of the molecule is Fc1ccc2[nH]c(-c3ccccc3F)cc2c1. The third-order valence-electron chi connectivity index (χ3n) is 2.75. The summed E-state index contributed by atoms with van der Waals surface area (Å²) in [7, 11) is 0. The van der Waals surface area contributed by atoms with E-state index in [0.29, 0.717) is 11.3 Å². The Morgan fingerprint density at radius 3 is 2.53 bits per heavy atom. The largest absolute Gasteiger partial charge is 0.354 e. The summed E-state index contributed by atoms with van der Waals surface area (Å²) >= 11 is 0. The lowest BCUT2D eigenvalue weighted by Gasteiger charge is -1.98. The molecule has 0 aliphatic carbocycles. The summed E-state index contributed by atoms with van der Waals surface area (Å²) in [4.78, 5) is 3.07. The Morgan fingerprint density at radius 1 is 0.882 bits per heavy atom. The minimum absolute atomic E-state index is 0.292. The standard InChI is InChI=1S/C14H9F2N/c15-10-5-6-13-9(7-10)8-14(17-13)11-3-1-2-4-12(11)16/h1-8,17H. The Kier molecular flexibility index (Phi) is 2.18. The third kappa shape index (κ3) is 1.69. The van der Waals surface area contributed by atoms with Crippen molar-refractivity contribution in [1.82, 2.24) is 4.98 Å². The highest BCUT2D eigenvalue weighted by Gasteiger charge is 2.07. The number of nitrogens with one attached hydrogen (secondary N) is 1. The van der Waals surface area contributed by atoms with Crippen LogP contribution in [0.2, 0.25) is 0 Å². The minimum atomic E-state index is -0.295. The van der Waals surface area contributed by atoms with Crippen LogP contribution in [-0.2, 0) is 0 Å². The summed E-state index contributed by atoms with van der Waals surface area (Å²) in [5.74, 6) is -0.587. The first-order valence-electron chi connectivity index (χ1n) is 5.27. The van der Waals surface area contributed by atoms with Crippen LogP contribution in [-0.4, -0.2) is 4.98 Å². The van der Waals surface area contributed by atoms with Gasteiger partial charge in [0.15, 0.2) is 0 Å². The molecule has 3 heteroatoms. The summed E-state index contributed by atoms with van der Waals surface area (Å²) in [6.45, 7) is 0. The molecule has 0 spiro atoms. The number of benzene rings is 2. The molecule has 0 radical (unpaired) electrons. The van der Waals surface area contributed by atoms with Crippen LogP contribution < -0.4 is 0 Å². The highest BCUT2D eigenvalue weighted by atomic mass is 19.1. The van der Waals surface area contributed by atoms with Gasteiger partial charge in [0.2, 0.25) is 0 Å². The lowest BCUT2D eigenvalue weighted by Crippen LogP contribution is -1.82. The maximum absolute atomic E-state index is 13.6. The van der Waals surface area contributed by atoms with Gasteiger partial charge >= 0.3 is 0 Å². The fraction of sp³-hybridized carbons (Fsp3) is 0. The fourth-order valence-electron chi connectivity index (χ4n) is 1.93. The van der Waals surface area contributed by atoms with Gasteiger partial charge in [-0.15, -0.1) is 0 Å². The Balaban J connectivity index is 2.22. The molecular weight excluding hydrogens is 220 g/mol. The van der Waals surface area contributed by atoms with Crippen molar-refractivity contribution in [3.8, 4) is 11.3 Å². The van der Waals surface area contributed by atoms with Crippen LogP contribution in [0.25, 0.3) is 22.2 Å². The normalized spacial score (nSPS) is 10.9. The zero-order valence-electron chi connectivity index (χ0n) is 8.87. The maximum Gasteiger partial charge on any atom is 0.132 e. The van der Waals surface area contributed by atoms with Crippen molar-refractivity contribution >= 4 is 10.9 Å². The average Bonchev–Trinajstić information content (AvgIpc) is 2.72. The Hall–Kier alpha value is -2.16. The molecule has 0 aliphatic rings. The van der Waals surface area contributed by atoms with Crippen LogP contribution in [0.5, 0.6) is 0 Å². The van der Waals surface area contributed by atoms with E-state index in [1.807, 2.05) is 0 Å². The van der Waals surface area contributed by atoms with Gasteiger partial charge < -0.3 is 4.98 Å². The van der Waals surface area contributed by atoms with Crippen molar-refractivity contribution in [3.05, 3.63) is 60.2 Å².